The maximum atomic E-state index is 13.0. The van der Waals surface area contributed by atoms with Crippen molar-refractivity contribution in [3.63, 3.8) is 0 Å². The molecule has 0 bridgehead atoms. The van der Waals surface area contributed by atoms with Gasteiger partial charge in [0.2, 0.25) is 5.91 Å². The van der Waals surface area contributed by atoms with E-state index in [1.165, 1.54) is 17.5 Å². The maximum Gasteiger partial charge on any atom is 0.230 e. The molecule has 4 heteroatoms. The quantitative estimate of drug-likeness (QED) is 0.810. The SMILES string of the molecule is CC(C)c1ccc(CN(C(=O)[C@H](C)c2cncnc2)C2CC2)cc1. The highest BCUT2D eigenvalue weighted by Crippen LogP contribution is 2.31. The molecule has 1 aromatic carbocycles. The predicted molar refractivity (Wildman–Crippen MR) is 94.6 cm³/mol. The molecule has 1 heterocycles. The monoisotopic (exact) mass is 323 g/mol. The van der Waals surface area contributed by atoms with Gasteiger partial charge >= 0.3 is 0 Å². The topological polar surface area (TPSA) is 46.1 Å². The van der Waals surface area contributed by atoms with Crippen LogP contribution in [0.15, 0.2) is 43.0 Å². The zero-order chi connectivity index (χ0) is 17.1. The Morgan fingerprint density at radius 2 is 1.71 bits per heavy atom. The zero-order valence-electron chi connectivity index (χ0n) is 14.6. The molecule has 0 unspecified atom stereocenters. The van der Waals surface area contributed by atoms with Crippen molar-refractivity contribution < 1.29 is 4.79 Å². The Morgan fingerprint density at radius 3 is 2.25 bits per heavy atom. The lowest BCUT2D eigenvalue weighted by molar-refractivity contribution is -0.133. The molecule has 1 aromatic heterocycles. The third kappa shape index (κ3) is 3.81. The molecule has 1 amide bonds. The second-order valence-corrected chi connectivity index (χ2v) is 6.99. The molecule has 1 saturated carbocycles. The van der Waals surface area contributed by atoms with Crippen LogP contribution in [0.4, 0.5) is 0 Å². The van der Waals surface area contributed by atoms with E-state index in [0.717, 1.165) is 18.4 Å². The van der Waals surface area contributed by atoms with Crippen LogP contribution in [0, 0.1) is 0 Å². The lowest BCUT2D eigenvalue weighted by Crippen LogP contribution is -2.35. The van der Waals surface area contributed by atoms with Gasteiger partial charge in [-0.15, -0.1) is 0 Å². The molecule has 0 N–H and O–H groups in total. The van der Waals surface area contributed by atoms with Crippen molar-refractivity contribution in [2.24, 2.45) is 0 Å². The van der Waals surface area contributed by atoms with Gasteiger partial charge in [-0.1, -0.05) is 38.1 Å². The van der Waals surface area contributed by atoms with Crippen LogP contribution >= 0.6 is 0 Å². The molecule has 24 heavy (non-hydrogen) atoms. The lowest BCUT2D eigenvalue weighted by atomic mass is 10.0. The van der Waals surface area contributed by atoms with Crippen LogP contribution in [0.1, 0.15) is 62.1 Å². The molecule has 4 nitrogen and oxygen atoms in total. The third-order valence-electron chi connectivity index (χ3n) is 4.72. The highest BCUT2D eigenvalue weighted by molar-refractivity contribution is 5.83. The maximum absolute atomic E-state index is 13.0. The number of aromatic nitrogens is 2. The number of benzene rings is 1. The van der Waals surface area contributed by atoms with Crippen molar-refractivity contribution in [1.29, 1.82) is 0 Å². The Morgan fingerprint density at radius 1 is 1.08 bits per heavy atom. The summed E-state index contributed by atoms with van der Waals surface area (Å²) >= 11 is 0. The molecular formula is C20H25N3O. The zero-order valence-corrected chi connectivity index (χ0v) is 14.6. The summed E-state index contributed by atoms with van der Waals surface area (Å²) in [6.45, 7) is 7.01. The number of carbonyl (C=O) groups is 1. The Hall–Kier alpha value is -2.23. The summed E-state index contributed by atoms with van der Waals surface area (Å²) < 4.78 is 0. The van der Waals surface area contributed by atoms with Gasteiger partial charge in [0.05, 0.1) is 5.92 Å². The van der Waals surface area contributed by atoms with Crippen LogP contribution < -0.4 is 0 Å². The number of hydrogen-bond donors (Lipinski definition) is 0. The summed E-state index contributed by atoms with van der Waals surface area (Å²) in [4.78, 5) is 23.1. The number of nitrogens with zero attached hydrogens (tertiary/aromatic N) is 3. The summed E-state index contributed by atoms with van der Waals surface area (Å²) in [6.07, 6.45) is 7.17. The van der Waals surface area contributed by atoms with Crippen LogP contribution in [-0.2, 0) is 11.3 Å². The van der Waals surface area contributed by atoms with Gasteiger partial charge in [-0.2, -0.15) is 0 Å². The highest BCUT2D eigenvalue weighted by Gasteiger charge is 2.35. The van der Waals surface area contributed by atoms with E-state index in [2.05, 4.69) is 48.1 Å². The molecule has 126 valence electrons. The van der Waals surface area contributed by atoms with E-state index < -0.39 is 0 Å². The van der Waals surface area contributed by atoms with Gasteiger partial charge in [-0.25, -0.2) is 9.97 Å². The van der Waals surface area contributed by atoms with Gasteiger partial charge in [0.15, 0.2) is 0 Å². The molecule has 0 radical (unpaired) electrons. The predicted octanol–water partition coefficient (Wildman–Crippen LogP) is 3.89. The first-order chi connectivity index (χ1) is 11.6. The number of carbonyl (C=O) groups excluding carboxylic acids is 1. The molecule has 1 aliphatic rings. The Bertz CT molecular complexity index is 678. The van der Waals surface area contributed by atoms with Crippen molar-refractivity contribution in [3.8, 4) is 0 Å². The second-order valence-electron chi connectivity index (χ2n) is 6.99. The molecule has 0 saturated heterocycles. The minimum Gasteiger partial charge on any atom is -0.335 e. The van der Waals surface area contributed by atoms with E-state index in [4.69, 9.17) is 0 Å². The molecule has 1 aliphatic carbocycles. The van der Waals surface area contributed by atoms with E-state index in [9.17, 15) is 4.79 Å². The van der Waals surface area contributed by atoms with Crippen molar-refractivity contribution >= 4 is 5.91 Å². The minimum atomic E-state index is -0.207. The van der Waals surface area contributed by atoms with Gasteiger partial charge in [0.25, 0.3) is 0 Å². The average Bonchev–Trinajstić information content (AvgIpc) is 3.44. The fourth-order valence-electron chi connectivity index (χ4n) is 2.90. The number of rotatable bonds is 6. The molecule has 0 spiro atoms. The largest absolute Gasteiger partial charge is 0.335 e. The first kappa shape index (κ1) is 16.6. The molecule has 1 atom stereocenters. The lowest BCUT2D eigenvalue weighted by Gasteiger charge is -2.26. The van der Waals surface area contributed by atoms with Crippen LogP contribution in [-0.4, -0.2) is 26.8 Å². The Kier molecular flexibility index (Phi) is 4.93. The van der Waals surface area contributed by atoms with Gasteiger partial charge in [0.1, 0.15) is 6.33 Å². The fourth-order valence-corrected chi connectivity index (χ4v) is 2.90. The van der Waals surface area contributed by atoms with E-state index in [-0.39, 0.29) is 11.8 Å². The van der Waals surface area contributed by atoms with Crippen LogP contribution in [0.3, 0.4) is 0 Å². The summed E-state index contributed by atoms with van der Waals surface area (Å²) in [6, 6.07) is 9.02. The van der Waals surface area contributed by atoms with Gasteiger partial charge in [0, 0.05) is 30.5 Å². The van der Waals surface area contributed by atoms with Crippen molar-refractivity contribution in [2.75, 3.05) is 0 Å². The highest BCUT2D eigenvalue weighted by atomic mass is 16.2. The van der Waals surface area contributed by atoms with Gasteiger partial charge in [-0.3, -0.25) is 4.79 Å². The van der Waals surface area contributed by atoms with Gasteiger partial charge < -0.3 is 4.90 Å². The van der Waals surface area contributed by atoms with E-state index in [1.54, 1.807) is 12.4 Å². The summed E-state index contributed by atoms with van der Waals surface area (Å²) in [5, 5.41) is 0. The first-order valence-electron chi connectivity index (χ1n) is 8.70. The normalized spacial score (nSPS) is 15.3. The average molecular weight is 323 g/mol. The van der Waals surface area contributed by atoms with E-state index in [0.29, 0.717) is 18.5 Å². The van der Waals surface area contributed by atoms with Crippen LogP contribution in [0.5, 0.6) is 0 Å². The minimum absolute atomic E-state index is 0.167. The fraction of sp³-hybridized carbons (Fsp3) is 0.450. The Balaban J connectivity index is 1.74. The summed E-state index contributed by atoms with van der Waals surface area (Å²) in [5.74, 6) is 0.486. The summed E-state index contributed by atoms with van der Waals surface area (Å²) in [7, 11) is 0. The molecule has 1 fully saturated rings. The number of amides is 1. The number of hydrogen-bond acceptors (Lipinski definition) is 3. The van der Waals surface area contributed by atoms with Crippen molar-refractivity contribution in [1.82, 2.24) is 14.9 Å². The van der Waals surface area contributed by atoms with Gasteiger partial charge in [-0.05, 0) is 36.8 Å². The molecule has 0 aliphatic heterocycles. The van der Waals surface area contributed by atoms with Crippen LogP contribution in [0.2, 0.25) is 0 Å². The smallest absolute Gasteiger partial charge is 0.230 e. The van der Waals surface area contributed by atoms with E-state index in [1.807, 2.05) is 11.8 Å². The van der Waals surface area contributed by atoms with Crippen LogP contribution in [0.25, 0.3) is 0 Å². The van der Waals surface area contributed by atoms with E-state index >= 15 is 0 Å². The van der Waals surface area contributed by atoms with Crippen molar-refractivity contribution in [2.45, 2.75) is 58.0 Å². The van der Waals surface area contributed by atoms with Crippen molar-refractivity contribution in [3.05, 3.63) is 59.7 Å². The summed E-state index contributed by atoms with van der Waals surface area (Å²) in [5.41, 5.74) is 3.40. The Labute approximate surface area is 143 Å². The second kappa shape index (κ2) is 7.12. The molecule has 3 rings (SSSR count). The molecular weight excluding hydrogens is 298 g/mol. The molecule has 2 aromatic rings. The third-order valence-corrected chi connectivity index (χ3v) is 4.72. The standard InChI is InChI=1S/C20H25N3O/c1-14(2)17-6-4-16(5-7-17)12-23(19-8-9-19)20(24)15(3)18-10-21-13-22-11-18/h4-7,10-11,13-15,19H,8-9,12H2,1-3H3/t15-/m1/s1. The first-order valence-corrected chi connectivity index (χ1v) is 8.70.